The molecule has 1 heterocycles. The summed E-state index contributed by atoms with van der Waals surface area (Å²) < 4.78 is 0. The molecule has 1 aliphatic rings. The molecule has 0 spiro atoms. The molecule has 1 N–H and O–H groups in total. The van der Waals surface area contributed by atoms with Gasteiger partial charge in [0.25, 0.3) is 0 Å². The molecule has 0 aromatic heterocycles. The third-order valence-corrected chi connectivity index (χ3v) is 4.38. The van der Waals surface area contributed by atoms with Gasteiger partial charge in [-0.2, -0.15) is 5.26 Å². The van der Waals surface area contributed by atoms with Gasteiger partial charge in [0.15, 0.2) is 0 Å². The molecule has 1 rings (SSSR count). The Kier molecular flexibility index (Phi) is 7.37. The minimum Gasteiger partial charge on any atom is -0.304 e. The van der Waals surface area contributed by atoms with Crippen LogP contribution in [0.15, 0.2) is 0 Å². The Morgan fingerprint density at radius 2 is 1.95 bits per heavy atom. The largest absolute Gasteiger partial charge is 0.304 e. The van der Waals surface area contributed by atoms with Crippen molar-refractivity contribution in [1.82, 2.24) is 15.1 Å². The molecule has 0 aliphatic carbocycles. The zero-order valence-electron chi connectivity index (χ0n) is 12.9. The number of likely N-dealkylation sites (tertiary alicyclic amines) is 1. The van der Waals surface area contributed by atoms with Gasteiger partial charge in [0, 0.05) is 19.6 Å². The highest BCUT2D eigenvalue weighted by atomic mass is 15.2. The molecule has 1 fully saturated rings. The molecule has 110 valence electrons. The van der Waals surface area contributed by atoms with Crippen molar-refractivity contribution < 1.29 is 0 Å². The average Bonchev–Trinajstić information content (AvgIpc) is 2.66. The number of hydrogen-bond acceptors (Lipinski definition) is 4. The van der Waals surface area contributed by atoms with E-state index in [9.17, 15) is 5.26 Å². The van der Waals surface area contributed by atoms with Crippen molar-refractivity contribution in [1.29, 1.82) is 5.26 Å². The zero-order chi connectivity index (χ0) is 14.1. The van der Waals surface area contributed by atoms with Gasteiger partial charge in [0.05, 0.1) is 6.07 Å². The second kappa shape index (κ2) is 8.52. The quantitative estimate of drug-likeness (QED) is 0.761. The Morgan fingerprint density at radius 3 is 2.53 bits per heavy atom. The minimum absolute atomic E-state index is 0.295. The topological polar surface area (TPSA) is 42.3 Å². The summed E-state index contributed by atoms with van der Waals surface area (Å²) in [6.45, 7) is 14.0. The van der Waals surface area contributed by atoms with Crippen LogP contribution in [0.25, 0.3) is 0 Å². The third-order valence-electron chi connectivity index (χ3n) is 4.38. The van der Waals surface area contributed by atoms with Crippen LogP contribution in [0.3, 0.4) is 0 Å². The van der Waals surface area contributed by atoms with Crippen molar-refractivity contribution in [3.05, 3.63) is 0 Å². The molecule has 0 aromatic carbocycles. The maximum atomic E-state index is 9.56. The lowest BCUT2D eigenvalue weighted by molar-refractivity contribution is 0.268. The Bertz CT molecular complexity index is 282. The smallest absolute Gasteiger partial charge is 0.108 e. The van der Waals surface area contributed by atoms with Crippen LogP contribution in [0.1, 0.15) is 40.0 Å². The molecule has 0 saturated carbocycles. The van der Waals surface area contributed by atoms with E-state index in [1.807, 2.05) is 0 Å². The van der Waals surface area contributed by atoms with E-state index in [0.717, 1.165) is 65.1 Å². The monoisotopic (exact) mass is 266 g/mol. The van der Waals surface area contributed by atoms with Gasteiger partial charge in [-0.25, -0.2) is 0 Å². The molecule has 0 bridgehead atoms. The summed E-state index contributed by atoms with van der Waals surface area (Å²) in [6.07, 6.45) is 3.06. The number of likely N-dealkylation sites (N-methyl/N-ethyl adjacent to an activating group) is 1. The Balaban J connectivity index is 2.45. The number of nitrogens with zero attached hydrogens (tertiary/aromatic N) is 3. The Labute approximate surface area is 118 Å². The van der Waals surface area contributed by atoms with Crippen molar-refractivity contribution in [2.24, 2.45) is 0 Å². The van der Waals surface area contributed by atoms with Crippen molar-refractivity contribution in [3.8, 4) is 6.07 Å². The van der Waals surface area contributed by atoms with E-state index in [2.05, 4.69) is 42.0 Å². The summed E-state index contributed by atoms with van der Waals surface area (Å²) in [4.78, 5) is 4.85. The Hall–Kier alpha value is -0.630. The molecule has 0 aromatic rings. The summed E-state index contributed by atoms with van der Waals surface area (Å²) >= 11 is 0. The first kappa shape index (κ1) is 16.4. The zero-order valence-corrected chi connectivity index (χ0v) is 12.9. The summed E-state index contributed by atoms with van der Waals surface area (Å²) in [6, 6.07) is 2.56. The Morgan fingerprint density at radius 1 is 1.21 bits per heavy atom. The molecule has 1 aliphatic heterocycles. The summed E-state index contributed by atoms with van der Waals surface area (Å²) in [7, 11) is 0. The molecule has 1 atom stereocenters. The average molecular weight is 266 g/mol. The normalized spacial score (nSPS) is 25.2. The molecule has 4 heteroatoms. The summed E-state index contributed by atoms with van der Waals surface area (Å²) in [5.74, 6) is 0. The SMILES string of the molecule is CCN(CC)CCNC1(C#N)CCCN(CC)CC1. The number of nitrogens with one attached hydrogen (secondary N) is 1. The maximum absolute atomic E-state index is 9.56. The van der Waals surface area contributed by atoms with Crippen LogP contribution in [0.4, 0.5) is 0 Å². The predicted molar refractivity (Wildman–Crippen MR) is 80.1 cm³/mol. The summed E-state index contributed by atoms with van der Waals surface area (Å²) in [5.41, 5.74) is -0.295. The molecule has 1 saturated heterocycles. The van der Waals surface area contributed by atoms with E-state index in [1.54, 1.807) is 0 Å². The van der Waals surface area contributed by atoms with E-state index in [4.69, 9.17) is 0 Å². The standard InChI is InChI=1S/C15H30N4/c1-4-18(5-2)13-10-17-15(14-16)8-7-11-19(6-3)12-9-15/h17H,4-13H2,1-3H3. The van der Waals surface area contributed by atoms with Gasteiger partial charge in [-0.1, -0.05) is 20.8 Å². The van der Waals surface area contributed by atoms with Crippen molar-refractivity contribution >= 4 is 0 Å². The molecule has 19 heavy (non-hydrogen) atoms. The first-order valence-electron chi connectivity index (χ1n) is 7.80. The van der Waals surface area contributed by atoms with Crippen molar-refractivity contribution in [3.63, 3.8) is 0 Å². The molecule has 0 amide bonds. The first-order valence-corrected chi connectivity index (χ1v) is 7.80. The maximum Gasteiger partial charge on any atom is 0.108 e. The van der Waals surface area contributed by atoms with Gasteiger partial charge in [-0.3, -0.25) is 5.32 Å². The second-order valence-corrected chi connectivity index (χ2v) is 5.44. The minimum atomic E-state index is -0.295. The van der Waals surface area contributed by atoms with Crippen molar-refractivity contribution in [2.45, 2.75) is 45.6 Å². The van der Waals surface area contributed by atoms with Crippen LogP contribution in [-0.4, -0.2) is 61.2 Å². The fourth-order valence-electron chi connectivity index (χ4n) is 2.83. The lowest BCUT2D eigenvalue weighted by Crippen LogP contribution is -2.47. The third kappa shape index (κ3) is 5.10. The second-order valence-electron chi connectivity index (χ2n) is 5.44. The van der Waals surface area contributed by atoms with Crippen LogP contribution in [0.2, 0.25) is 0 Å². The van der Waals surface area contributed by atoms with Gasteiger partial charge in [0.2, 0.25) is 0 Å². The number of rotatable bonds is 7. The van der Waals surface area contributed by atoms with Crippen molar-refractivity contribution in [2.75, 3.05) is 45.8 Å². The number of hydrogen-bond donors (Lipinski definition) is 1. The van der Waals surface area contributed by atoms with Gasteiger partial charge >= 0.3 is 0 Å². The van der Waals surface area contributed by atoms with Gasteiger partial charge in [0.1, 0.15) is 5.54 Å². The number of nitriles is 1. The van der Waals surface area contributed by atoms with E-state index in [0.29, 0.717) is 0 Å². The lowest BCUT2D eigenvalue weighted by atomic mass is 9.92. The van der Waals surface area contributed by atoms with E-state index in [1.165, 1.54) is 0 Å². The predicted octanol–water partition coefficient (Wildman–Crippen LogP) is 1.69. The van der Waals surface area contributed by atoms with E-state index in [-0.39, 0.29) is 5.54 Å². The first-order chi connectivity index (χ1) is 9.19. The van der Waals surface area contributed by atoms with E-state index < -0.39 is 0 Å². The van der Waals surface area contributed by atoms with E-state index >= 15 is 0 Å². The van der Waals surface area contributed by atoms with Gasteiger partial charge in [-0.15, -0.1) is 0 Å². The molecule has 0 radical (unpaired) electrons. The fourth-order valence-corrected chi connectivity index (χ4v) is 2.83. The highest BCUT2D eigenvalue weighted by Crippen LogP contribution is 2.21. The van der Waals surface area contributed by atoms with Crippen LogP contribution in [-0.2, 0) is 0 Å². The van der Waals surface area contributed by atoms with Gasteiger partial charge in [-0.05, 0) is 45.4 Å². The van der Waals surface area contributed by atoms with Gasteiger partial charge < -0.3 is 9.80 Å². The lowest BCUT2D eigenvalue weighted by Gasteiger charge is -2.28. The van der Waals surface area contributed by atoms with Crippen LogP contribution >= 0.6 is 0 Å². The van der Waals surface area contributed by atoms with Crippen LogP contribution in [0, 0.1) is 11.3 Å². The molecule has 1 unspecified atom stereocenters. The van der Waals surface area contributed by atoms with Crippen LogP contribution in [0.5, 0.6) is 0 Å². The molecular weight excluding hydrogens is 236 g/mol. The summed E-state index contributed by atoms with van der Waals surface area (Å²) in [5, 5.41) is 13.1. The highest BCUT2D eigenvalue weighted by molar-refractivity contribution is 5.08. The highest BCUT2D eigenvalue weighted by Gasteiger charge is 2.31. The van der Waals surface area contributed by atoms with Crippen LogP contribution < -0.4 is 5.32 Å². The molecule has 4 nitrogen and oxygen atoms in total. The fraction of sp³-hybridized carbons (Fsp3) is 0.933. The molecular formula is C15H30N4.